The van der Waals surface area contributed by atoms with E-state index in [1.54, 1.807) is 36.6 Å². The molecule has 1 saturated heterocycles. The lowest BCUT2D eigenvalue weighted by Gasteiger charge is -2.39. The zero-order valence-corrected chi connectivity index (χ0v) is 40.1. The molecule has 0 saturated carbocycles. The van der Waals surface area contributed by atoms with Crippen molar-refractivity contribution in [3.8, 4) is 5.75 Å². The number of benzene rings is 2. The number of thiazole rings is 1. The molecule has 1 aromatic heterocycles. The summed E-state index contributed by atoms with van der Waals surface area (Å²) >= 11 is 1.12. The van der Waals surface area contributed by atoms with Gasteiger partial charge in [-0.15, -0.1) is 11.3 Å². The molecule has 0 radical (unpaired) electrons. The van der Waals surface area contributed by atoms with E-state index in [1.165, 1.54) is 11.8 Å². The number of ether oxygens (including phenoxy) is 3. The van der Waals surface area contributed by atoms with Crippen molar-refractivity contribution in [3.63, 3.8) is 0 Å². The molecule has 2 aromatic carbocycles. The van der Waals surface area contributed by atoms with Crippen LogP contribution in [0.5, 0.6) is 5.75 Å². The third-order valence-electron chi connectivity index (χ3n) is 11.9. The quantitative estimate of drug-likeness (QED) is 0.0469. The van der Waals surface area contributed by atoms with Gasteiger partial charge in [-0.2, -0.15) is 0 Å². The summed E-state index contributed by atoms with van der Waals surface area (Å²) in [6, 6.07) is 13.4. The molecule has 3 N–H and O–H groups in total. The second-order valence-electron chi connectivity index (χ2n) is 17.6. The molecule has 3 amide bonds. The van der Waals surface area contributed by atoms with Gasteiger partial charge in [-0.1, -0.05) is 96.8 Å². The normalized spacial score (nSPS) is 16.8. The summed E-state index contributed by atoms with van der Waals surface area (Å²) in [5, 5.41) is 17.9. The van der Waals surface area contributed by atoms with Gasteiger partial charge in [-0.3, -0.25) is 33.7 Å². The van der Waals surface area contributed by atoms with Crippen molar-refractivity contribution < 1.29 is 48.1 Å². The Kier molecular flexibility index (Phi) is 20.9. The lowest BCUT2D eigenvalue weighted by Crippen LogP contribution is -2.59. The Hall–Kier alpha value is -5.35. The summed E-state index contributed by atoms with van der Waals surface area (Å²) in [5.74, 6) is -3.68. The summed E-state index contributed by atoms with van der Waals surface area (Å²) in [6.07, 6.45) is 3.48. The molecular weight excluding hydrogens is 851 g/mol. The molecule has 65 heavy (non-hydrogen) atoms. The number of rotatable bonds is 24. The van der Waals surface area contributed by atoms with Crippen molar-refractivity contribution in [2.24, 2.45) is 17.8 Å². The second kappa shape index (κ2) is 26.0. The van der Waals surface area contributed by atoms with Gasteiger partial charge < -0.3 is 34.9 Å². The fraction of sp³-hybridized carbons (Fsp3) is 0.571. The van der Waals surface area contributed by atoms with Crippen LogP contribution in [0.1, 0.15) is 133 Å². The number of amides is 3. The van der Waals surface area contributed by atoms with Crippen LogP contribution >= 0.6 is 11.3 Å². The number of hydrogen-bond acceptors (Lipinski definition) is 13. The van der Waals surface area contributed by atoms with Crippen LogP contribution in [0.3, 0.4) is 0 Å². The summed E-state index contributed by atoms with van der Waals surface area (Å²) in [7, 11) is 1.91. The fourth-order valence-corrected chi connectivity index (χ4v) is 8.78. The topological polar surface area (TPSA) is 194 Å². The highest BCUT2D eigenvalue weighted by Gasteiger charge is 2.39. The minimum absolute atomic E-state index is 0.0432. The number of likely N-dealkylation sites (tertiary alicyclic amines) is 1. The summed E-state index contributed by atoms with van der Waals surface area (Å²) in [5.41, 5.74) is 1.74. The number of carbonyl (C=O) groups excluding carboxylic acids is 6. The predicted molar refractivity (Wildman–Crippen MR) is 247 cm³/mol. The summed E-state index contributed by atoms with van der Waals surface area (Å²) in [6.45, 7) is 13.0. The second-order valence-corrected chi connectivity index (χ2v) is 18.4. The molecule has 16 heteroatoms. The minimum Gasteiger partial charge on any atom is -0.508 e. The highest BCUT2D eigenvalue weighted by molar-refractivity contribution is 7.09. The van der Waals surface area contributed by atoms with E-state index >= 15 is 0 Å². The molecule has 0 spiro atoms. The van der Waals surface area contributed by atoms with Crippen LogP contribution in [0.25, 0.3) is 0 Å². The van der Waals surface area contributed by atoms with Gasteiger partial charge in [0.2, 0.25) is 11.8 Å². The number of nitrogens with one attached hydrogen (secondary N) is 2. The maximum absolute atomic E-state index is 14.9. The number of esters is 3. The van der Waals surface area contributed by atoms with E-state index in [1.807, 2.05) is 76.9 Å². The Balaban J connectivity index is 1.60. The number of aromatic nitrogens is 1. The number of nitrogens with zero attached hydrogens (tertiary/aromatic N) is 3. The Morgan fingerprint density at radius 1 is 0.923 bits per heavy atom. The first-order chi connectivity index (χ1) is 31.0. The number of phenols is 1. The van der Waals surface area contributed by atoms with Gasteiger partial charge in [0, 0.05) is 37.2 Å². The van der Waals surface area contributed by atoms with Crippen LogP contribution in [0.15, 0.2) is 60.0 Å². The fourth-order valence-electron chi connectivity index (χ4n) is 7.94. The molecule has 2 heterocycles. The standard InChI is InChI=1S/C49H69N5O10S/c1-9-16-43(57)63-30-54(48(60)44(32(5)10-2)52-46(59)40-19-14-15-24-53(40)8)41(31(3)4)27-42(64-34(7)55)47-51-39(29-65-47)45(58)50-37(26-35-20-22-38(56)23-21-35)25-33(6)49(61)62-28-36-17-12-11-13-18-36/h11-13,17-18,20-23,29,31-33,37,40-42,44,56H,9-10,14-16,19,24-28,30H2,1-8H3,(H,50,58)(H,52,59)/t32-,33-,37+,40+,41+,42+,44-/m0/s1. The average Bonchev–Trinajstić information content (AvgIpc) is 3.78. The van der Waals surface area contributed by atoms with Crippen LogP contribution < -0.4 is 10.6 Å². The molecule has 4 rings (SSSR count). The number of phenolic OH excluding ortho intramolecular Hbond substituents is 1. The number of aromatic hydroxyl groups is 1. The zero-order valence-electron chi connectivity index (χ0n) is 39.2. The molecule has 0 aliphatic carbocycles. The molecule has 3 aromatic rings. The maximum atomic E-state index is 14.9. The van der Waals surface area contributed by atoms with Crippen LogP contribution in [0.2, 0.25) is 0 Å². The molecule has 1 aliphatic rings. The van der Waals surface area contributed by atoms with Crippen molar-refractivity contribution in [1.82, 2.24) is 25.4 Å². The van der Waals surface area contributed by atoms with Crippen molar-refractivity contribution in [1.29, 1.82) is 0 Å². The van der Waals surface area contributed by atoms with E-state index in [-0.39, 0.29) is 67.8 Å². The van der Waals surface area contributed by atoms with E-state index in [4.69, 9.17) is 14.2 Å². The molecule has 7 atom stereocenters. The SMILES string of the molecule is CCCC(=O)OCN(C(=O)[C@@H](NC(=O)[C@H]1CCCCN1C)[C@@H](C)CC)[C@H](C[C@@H](OC(C)=O)c1nc(C(=O)N[C@@H](Cc2ccc(O)cc2)C[C@H](C)C(=O)OCc2ccccc2)cs1)C(C)C. The molecule has 356 valence electrons. The third-order valence-corrected chi connectivity index (χ3v) is 12.9. The number of likely N-dealkylation sites (N-methyl/N-ethyl adjacent to an activating group) is 1. The van der Waals surface area contributed by atoms with Crippen LogP contribution in [0.4, 0.5) is 0 Å². The monoisotopic (exact) mass is 919 g/mol. The molecule has 0 bridgehead atoms. The molecule has 0 unspecified atom stereocenters. The van der Waals surface area contributed by atoms with Gasteiger partial charge in [0.05, 0.1) is 12.0 Å². The van der Waals surface area contributed by atoms with Crippen LogP contribution in [-0.2, 0) is 51.2 Å². The number of hydrogen-bond donors (Lipinski definition) is 3. The molecular formula is C49H69N5O10S. The largest absolute Gasteiger partial charge is 0.508 e. The van der Waals surface area contributed by atoms with Gasteiger partial charge in [0.15, 0.2) is 12.8 Å². The third kappa shape index (κ3) is 16.2. The van der Waals surface area contributed by atoms with Gasteiger partial charge in [-0.05, 0) is 80.8 Å². The molecule has 15 nitrogen and oxygen atoms in total. The highest BCUT2D eigenvalue weighted by atomic mass is 32.1. The molecule has 1 aliphatic heterocycles. The van der Waals surface area contributed by atoms with Crippen molar-refractivity contribution >= 4 is 47.0 Å². The smallest absolute Gasteiger partial charge is 0.309 e. The maximum Gasteiger partial charge on any atom is 0.309 e. The summed E-state index contributed by atoms with van der Waals surface area (Å²) in [4.78, 5) is 89.3. The first kappa shape index (κ1) is 52.3. The van der Waals surface area contributed by atoms with E-state index in [9.17, 15) is 33.9 Å². The van der Waals surface area contributed by atoms with Gasteiger partial charge in [0.1, 0.15) is 29.1 Å². The van der Waals surface area contributed by atoms with Crippen molar-refractivity contribution in [2.45, 2.75) is 143 Å². The van der Waals surface area contributed by atoms with Crippen LogP contribution in [-0.4, -0.2) is 100 Å². The van der Waals surface area contributed by atoms with E-state index in [0.717, 1.165) is 41.9 Å². The Morgan fingerprint density at radius 2 is 1.63 bits per heavy atom. The van der Waals surface area contributed by atoms with Crippen LogP contribution in [0, 0.1) is 17.8 Å². The van der Waals surface area contributed by atoms with Gasteiger partial charge in [0.25, 0.3) is 5.91 Å². The van der Waals surface area contributed by atoms with Gasteiger partial charge >= 0.3 is 17.9 Å². The average molecular weight is 920 g/mol. The van der Waals surface area contributed by atoms with E-state index in [0.29, 0.717) is 30.7 Å². The highest BCUT2D eigenvalue weighted by Crippen LogP contribution is 2.32. The minimum atomic E-state index is -1.01. The number of carbonyl (C=O) groups is 6. The Labute approximate surface area is 388 Å². The Morgan fingerprint density at radius 3 is 2.26 bits per heavy atom. The molecule has 1 fully saturated rings. The van der Waals surface area contributed by atoms with E-state index in [2.05, 4.69) is 15.6 Å². The van der Waals surface area contributed by atoms with Crippen molar-refractivity contribution in [3.05, 3.63) is 81.8 Å². The Bertz CT molecular complexity index is 2010. The predicted octanol–water partition coefficient (Wildman–Crippen LogP) is 7.12. The number of piperidine rings is 1. The zero-order chi connectivity index (χ0) is 47.6. The lowest BCUT2D eigenvalue weighted by molar-refractivity contribution is -0.160. The lowest BCUT2D eigenvalue weighted by atomic mass is 9.92. The first-order valence-corrected chi connectivity index (χ1v) is 23.8. The van der Waals surface area contributed by atoms with E-state index < -0.39 is 59.9 Å². The first-order valence-electron chi connectivity index (χ1n) is 22.9. The van der Waals surface area contributed by atoms with Gasteiger partial charge in [-0.25, -0.2) is 4.98 Å². The van der Waals surface area contributed by atoms with Crippen molar-refractivity contribution in [2.75, 3.05) is 20.3 Å². The summed E-state index contributed by atoms with van der Waals surface area (Å²) < 4.78 is 17.2.